The first-order valence-corrected chi connectivity index (χ1v) is 6.87. The molecule has 0 atom stereocenters. The topological polar surface area (TPSA) is 83.8 Å². The minimum atomic E-state index is -0.536. The van der Waals surface area contributed by atoms with Crippen LogP contribution in [0.4, 0.5) is 0 Å². The van der Waals surface area contributed by atoms with Gasteiger partial charge in [0.15, 0.2) is 5.78 Å². The van der Waals surface area contributed by atoms with Gasteiger partial charge in [-0.25, -0.2) is 4.79 Å². The summed E-state index contributed by atoms with van der Waals surface area (Å²) < 4.78 is 5.01. The molecule has 0 saturated heterocycles. The number of carbonyl (C=O) groups excluding carboxylic acids is 2. The third kappa shape index (κ3) is 3.77. The van der Waals surface area contributed by atoms with Crippen LogP contribution >= 0.6 is 0 Å². The van der Waals surface area contributed by atoms with Crippen molar-refractivity contribution < 1.29 is 24.5 Å². The van der Waals surface area contributed by atoms with Gasteiger partial charge in [0, 0.05) is 5.57 Å². The van der Waals surface area contributed by atoms with Gasteiger partial charge in [-0.2, -0.15) is 0 Å². The lowest BCUT2D eigenvalue weighted by molar-refractivity contribution is -0.140. The smallest absolute Gasteiger partial charge is 0.333 e. The van der Waals surface area contributed by atoms with Crippen molar-refractivity contribution in [3.8, 4) is 11.5 Å². The van der Waals surface area contributed by atoms with Crippen LogP contribution in [0, 0.1) is 0 Å². The molecular formula is C18H16O5. The van der Waals surface area contributed by atoms with Gasteiger partial charge in [0.2, 0.25) is 0 Å². The lowest BCUT2D eigenvalue weighted by Gasteiger charge is -2.09. The number of rotatable bonds is 5. The Morgan fingerprint density at radius 3 is 2.35 bits per heavy atom. The summed E-state index contributed by atoms with van der Waals surface area (Å²) in [6, 6.07) is 10.4. The highest BCUT2D eigenvalue weighted by Crippen LogP contribution is 2.26. The maximum Gasteiger partial charge on any atom is 0.333 e. The number of aromatic hydroxyl groups is 2. The molecule has 0 saturated carbocycles. The Morgan fingerprint density at radius 1 is 1.04 bits per heavy atom. The third-order valence-electron chi connectivity index (χ3n) is 3.17. The number of para-hydroxylation sites is 1. The molecule has 0 heterocycles. The van der Waals surface area contributed by atoms with E-state index in [0.717, 1.165) is 0 Å². The molecule has 0 amide bonds. The highest BCUT2D eigenvalue weighted by molar-refractivity contribution is 6.12. The fraction of sp³-hybridized carbons (Fsp3) is 0.111. The van der Waals surface area contributed by atoms with Crippen LogP contribution < -0.4 is 0 Å². The van der Waals surface area contributed by atoms with Gasteiger partial charge < -0.3 is 14.9 Å². The van der Waals surface area contributed by atoms with E-state index in [-0.39, 0.29) is 34.8 Å². The average molecular weight is 312 g/mol. The highest BCUT2D eigenvalue weighted by atomic mass is 16.5. The molecule has 0 aromatic heterocycles. The van der Waals surface area contributed by atoms with Crippen LogP contribution in [0.5, 0.6) is 11.5 Å². The molecule has 2 aromatic rings. The summed E-state index contributed by atoms with van der Waals surface area (Å²) in [7, 11) is 0. The predicted molar refractivity (Wildman–Crippen MR) is 84.3 cm³/mol. The first-order valence-electron chi connectivity index (χ1n) is 6.87. The molecule has 0 unspecified atom stereocenters. The van der Waals surface area contributed by atoms with Crippen molar-refractivity contribution >= 4 is 11.8 Å². The lowest BCUT2D eigenvalue weighted by Crippen LogP contribution is -2.07. The summed E-state index contributed by atoms with van der Waals surface area (Å²) in [5.74, 6) is -1.44. The van der Waals surface area contributed by atoms with E-state index in [9.17, 15) is 19.8 Å². The number of carbonyl (C=O) groups is 2. The van der Waals surface area contributed by atoms with E-state index in [4.69, 9.17) is 4.74 Å². The molecule has 0 aliphatic carbocycles. The number of esters is 1. The zero-order chi connectivity index (χ0) is 17.0. The number of hydrogen-bond acceptors (Lipinski definition) is 5. The first kappa shape index (κ1) is 16.3. The van der Waals surface area contributed by atoms with E-state index < -0.39 is 11.8 Å². The van der Waals surface area contributed by atoms with Gasteiger partial charge >= 0.3 is 5.97 Å². The van der Waals surface area contributed by atoms with Crippen LogP contribution in [-0.4, -0.2) is 22.0 Å². The Labute approximate surface area is 133 Å². The fourth-order valence-corrected chi connectivity index (χ4v) is 1.94. The van der Waals surface area contributed by atoms with Crippen molar-refractivity contribution in [3.05, 3.63) is 71.3 Å². The number of benzene rings is 2. The summed E-state index contributed by atoms with van der Waals surface area (Å²) >= 11 is 0. The van der Waals surface area contributed by atoms with Crippen LogP contribution in [-0.2, 0) is 16.1 Å². The van der Waals surface area contributed by atoms with Crippen molar-refractivity contribution in [2.24, 2.45) is 0 Å². The second-order valence-corrected chi connectivity index (χ2v) is 5.05. The molecule has 0 aliphatic heterocycles. The van der Waals surface area contributed by atoms with E-state index in [1.54, 1.807) is 18.2 Å². The van der Waals surface area contributed by atoms with E-state index in [0.29, 0.717) is 5.56 Å². The standard InChI is InChI=1S/C18H16O5/c1-11(2)18(22)23-10-12-7-8-16(20)14(9-12)17(21)13-5-3-4-6-15(13)19/h3-9,19-20H,1,10H2,2H3. The molecule has 0 radical (unpaired) electrons. The van der Waals surface area contributed by atoms with Crippen LogP contribution in [0.25, 0.3) is 0 Å². The Bertz CT molecular complexity index is 777. The van der Waals surface area contributed by atoms with E-state index in [2.05, 4.69) is 6.58 Å². The van der Waals surface area contributed by atoms with Gasteiger partial charge in [0.1, 0.15) is 18.1 Å². The SMILES string of the molecule is C=C(C)C(=O)OCc1ccc(O)c(C(=O)c2ccccc2O)c1. The number of hydrogen-bond donors (Lipinski definition) is 2. The van der Waals surface area contributed by atoms with Gasteiger partial charge in [0.05, 0.1) is 11.1 Å². The summed E-state index contributed by atoms with van der Waals surface area (Å²) in [4.78, 5) is 23.8. The van der Waals surface area contributed by atoms with Gasteiger partial charge in [0.25, 0.3) is 0 Å². The number of phenols is 2. The molecule has 0 bridgehead atoms. The van der Waals surface area contributed by atoms with Crippen molar-refractivity contribution in [1.82, 2.24) is 0 Å². The summed E-state index contributed by atoms with van der Waals surface area (Å²) in [5.41, 5.74) is 0.916. The van der Waals surface area contributed by atoms with Crippen molar-refractivity contribution in [1.29, 1.82) is 0 Å². The summed E-state index contributed by atoms with van der Waals surface area (Å²) in [6.45, 7) is 4.97. The quantitative estimate of drug-likeness (QED) is 0.504. The van der Waals surface area contributed by atoms with Crippen LogP contribution in [0.1, 0.15) is 28.4 Å². The third-order valence-corrected chi connectivity index (χ3v) is 3.17. The monoisotopic (exact) mass is 312 g/mol. The van der Waals surface area contributed by atoms with E-state index >= 15 is 0 Å². The molecule has 5 nitrogen and oxygen atoms in total. The molecule has 2 N–H and O–H groups in total. The van der Waals surface area contributed by atoms with Gasteiger partial charge in [-0.3, -0.25) is 4.79 Å². The van der Waals surface area contributed by atoms with Gasteiger partial charge in [-0.05, 0) is 36.8 Å². The first-order chi connectivity index (χ1) is 10.9. The molecule has 2 aromatic carbocycles. The summed E-state index contributed by atoms with van der Waals surface area (Å²) in [6.07, 6.45) is 0. The minimum Gasteiger partial charge on any atom is -0.507 e. The molecule has 0 fully saturated rings. The van der Waals surface area contributed by atoms with Crippen molar-refractivity contribution in [2.75, 3.05) is 0 Å². The molecule has 23 heavy (non-hydrogen) atoms. The van der Waals surface area contributed by atoms with Crippen molar-refractivity contribution in [2.45, 2.75) is 13.5 Å². The zero-order valence-corrected chi connectivity index (χ0v) is 12.6. The average Bonchev–Trinajstić information content (AvgIpc) is 2.53. The van der Waals surface area contributed by atoms with Crippen LogP contribution in [0.2, 0.25) is 0 Å². The van der Waals surface area contributed by atoms with Gasteiger partial charge in [-0.1, -0.05) is 24.8 Å². The molecule has 5 heteroatoms. The van der Waals surface area contributed by atoms with E-state index in [1.165, 1.54) is 31.2 Å². The molecule has 0 spiro atoms. The largest absolute Gasteiger partial charge is 0.507 e. The number of phenolic OH excluding ortho intramolecular Hbond substituents is 2. The normalized spacial score (nSPS) is 10.1. The van der Waals surface area contributed by atoms with Gasteiger partial charge in [-0.15, -0.1) is 0 Å². The number of ketones is 1. The summed E-state index contributed by atoms with van der Waals surface area (Å²) in [5, 5.41) is 19.7. The number of ether oxygens (including phenoxy) is 1. The van der Waals surface area contributed by atoms with Crippen molar-refractivity contribution in [3.63, 3.8) is 0 Å². The fourth-order valence-electron chi connectivity index (χ4n) is 1.94. The zero-order valence-electron chi connectivity index (χ0n) is 12.6. The van der Waals surface area contributed by atoms with E-state index in [1.807, 2.05) is 0 Å². The minimum absolute atomic E-state index is 0.0235. The Hall–Kier alpha value is -3.08. The molecule has 0 aliphatic rings. The molecule has 2 rings (SSSR count). The Kier molecular flexibility index (Phi) is 4.81. The predicted octanol–water partition coefficient (Wildman–Crippen LogP) is 2.95. The Balaban J connectivity index is 2.27. The van der Waals surface area contributed by atoms with Crippen LogP contribution in [0.15, 0.2) is 54.6 Å². The second-order valence-electron chi connectivity index (χ2n) is 5.05. The second kappa shape index (κ2) is 6.79. The molecular weight excluding hydrogens is 296 g/mol. The highest BCUT2D eigenvalue weighted by Gasteiger charge is 2.17. The Morgan fingerprint density at radius 2 is 1.70 bits per heavy atom. The maximum absolute atomic E-state index is 12.4. The lowest BCUT2D eigenvalue weighted by atomic mass is 10.00. The van der Waals surface area contributed by atoms with Crippen LogP contribution in [0.3, 0.4) is 0 Å². The maximum atomic E-state index is 12.4. The molecule has 118 valence electrons.